The summed E-state index contributed by atoms with van der Waals surface area (Å²) in [5.74, 6) is 0.0236. The van der Waals surface area contributed by atoms with E-state index in [1.54, 1.807) is 7.11 Å². The van der Waals surface area contributed by atoms with E-state index in [9.17, 15) is 4.79 Å². The lowest BCUT2D eigenvalue weighted by atomic mass is 9.75. The van der Waals surface area contributed by atoms with Gasteiger partial charge in [-0.2, -0.15) is 0 Å². The van der Waals surface area contributed by atoms with E-state index in [2.05, 4.69) is 5.32 Å². The lowest BCUT2D eigenvalue weighted by molar-refractivity contribution is -0.124. The Hall–Kier alpha value is -0.650. The summed E-state index contributed by atoms with van der Waals surface area (Å²) in [7, 11) is 1.66. The van der Waals surface area contributed by atoms with Crippen molar-refractivity contribution in [3.8, 4) is 0 Å². The van der Waals surface area contributed by atoms with Crippen LogP contribution in [0.15, 0.2) is 0 Å². The molecule has 1 saturated carbocycles. The topological polar surface area (TPSA) is 73.6 Å². The summed E-state index contributed by atoms with van der Waals surface area (Å²) in [5.41, 5.74) is 5.45. The Kier molecular flexibility index (Phi) is 3.70. The molecule has 0 bridgehead atoms. The molecule has 0 radical (unpaired) electrons. The first kappa shape index (κ1) is 12.8. The van der Waals surface area contributed by atoms with Crippen molar-refractivity contribution in [3.63, 3.8) is 0 Å². The van der Waals surface area contributed by atoms with Crippen molar-refractivity contribution >= 4 is 5.91 Å². The average Bonchev–Trinajstić information content (AvgIpc) is 2.74. The van der Waals surface area contributed by atoms with Crippen LogP contribution in [0.25, 0.3) is 0 Å². The number of ether oxygens (including phenoxy) is 2. The zero-order valence-corrected chi connectivity index (χ0v) is 10.5. The molecule has 1 amide bonds. The molecule has 5 nitrogen and oxygen atoms in total. The average molecular weight is 242 g/mol. The summed E-state index contributed by atoms with van der Waals surface area (Å²) >= 11 is 0. The Balaban J connectivity index is 1.75. The Morgan fingerprint density at radius 2 is 2.24 bits per heavy atom. The molecule has 3 N–H and O–H groups in total. The van der Waals surface area contributed by atoms with Gasteiger partial charge in [-0.3, -0.25) is 4.79 Å². The second-order valence-corrected chi connectivity index (χ2v) is 5.36. The van der Waals surface area contributed by atoms with E-state index in [0.29, 0.717) is 26.2 Å². The van der Waals surface area contributed by atoms with Crippen LogP contribution in [0.1, 0.15) is 32.1 Å². The summed E-state index contributed by atoms with van der Waals surface area (Å²) in [6.45, 7) is 1.76. The van der Waals surface area contributed by atoms with Crippen LogP contribution in [0.2, 0.25) is 0 Å². The fourth-order valence-electron chi connectivity index (χ4n) is 2.41. The predicted octanol–water partition coefficient (Wildman–Crippen LogP) is 0.180. The van der Waals surface area contributed by atoms with E-state index in [0.717, 1.165) is 25.7 Å². The van der Waals surface area contributed by atoms with Crippen LogP contribution in [0.4, 0.5) is 0 Å². The second-order valence-electron chi connectivity index (χ2n) is 5.36. The maximum Gasteiger partial charge on any atom is 0.221 e. The molecule has 2 aliphatic rings. The minimum Gasteiger partial charge on any atom is -0.378 e. The summed E-state index contributed by atoms with van der Waals surface area (Å²) in [6.07, 6.45) is 4.31. The van der Waals surface area contributed by atoms with Crippen LogP contribution in [0.5, 0.6) is 0 Å². The lowest BCUT2D eigenvalue weighted by Gasteiger charge is -2.37. The summed E-state index contributed by atoms with van der Waals surface area (Å²) in [5, 5.41) is 2.92. The Bertz CT molecular complexity index is 283. The van der Waals surface area contributed by atoms with Crippen molar-refractivity contribution in [2.75, 3.05) is 26.9 Å². The van der Waals surface area contributed by atoms with Gasteiger partial charge in [-0.25, -0.2) is 0 Å². The third-order valence-electron chi connectivity index (χ3n) is 3.97. The van der Waals surface area contributed by atoms with Gasteiger partial charge in [0.25, 0.3) is 0 Å². The van der Waals surface area contributed by atoms with Gasteiger partial charge in [0.15, 0.2) is 0 Å². The van der Waals surface area contributed by atoms with Crippen LogP contribution in [0.3, 0.4) is 0 Å². The molecule has 0 aromatic rings. The number of methoxy groups -OCH3 is 1. The highest BCUT2D eigenvalue weighted by Crippen LogP contribution is 2.32. The first-order chi connectivity index (χ1) is 8.08. The van der Waals surface area contributed by atoms with Gasteiger partial charge in [0.1, 0.15) is 5.60 Å². The van der Waals surface area contributed by atoms with Crippen molar-refractivity contribution in [2.24, 2.45) is 5.73 Å². The van der Waals surface area contributed by atoms with E-state index in [4.69, 9.17) is 15.2 Å². The monoisotopic (exact) mass is 242 g/mol. The Morgan fingerprint density at radius 1 is 1.47 bits per heavy atom. The fraction of sp³-hybridized carbons (Fsp3) is 0.917. The van der Waals surface area contributed by atoms with Crippen LogP contribution in [-0.4, -0.2) is 43.9 Å². The molecule has 17 heavy (non-hydrogen) atoms. The number of nitrogens with two attached hydrogens (primary N) is 1. The zero-order valence-electron chi connectivity index (χ0n) is 10.5. The van der Waals surface area contributed by atoms with Crippen LogP contribution in [-0.2, 0) is 14.3 Å². The minimum atomic E-state index is -0.336. The molecule has 0 spiro atoms. The highest BCUT2D eigenvalue weighted by atomic mass is 16.5. The largest absolute Gasteiger partial charge is 0.378 e. The molecule has 98 valence electrons. The third-order valence-corrected chi connectivity index (χ3v) is 3.97. The molecule has 1 atom stereocenters. The third kappa shape index (κ3) is 2.97. The number of hydrogen-bond donors (Lipinski definition) is 2. The maximum atomic E-state index is 11.8. The van der Waals surface area contributed by atoms with Crippen molar-refractivity contribution in [1.29, 1.82) is 0 Å². The Labute approximate surface area is 102 Å². The fourth-order valence-corrected chi connectivity index (χ4v) is 2.41. The molecular weight excluding hydrogens is 220 g/mol. The molecule has 1 saturated heterocycles. The quantitative estimate of drug-likeness (QED) is 0.721. The molecular formula is C12H22N2O3. The molecule has 1 aliphatic heterocycles. The first-order valence-corrected chi connectivity index (χ1v) is 6.26. The van der Waals surface area contributed by atoms with Gasteiger partial charge in [0.05, 0.1) is 6.61 Å². The highest BCUT2D eigenvalue weighted by Gasteiger charge is 2.37. The maximum absolute atomic E-state index is 11.8. The van der Waals surface area contributed by atoms with E-state index in [-0.39, 0.29) is 17.0 Å². The summed E-state index contributed by atoms with van der Waals surface area (Å²) in [4.78, 5) is 11.8. The zero-order chi connectivity index (χ0) is 12.4. The van der Waals surface area contributed by atoms with Crippen molar-refractivity contribution in [2.45, 2.75) is 43.2 Å². The molecule has 2 rings (SSSR count). The summed E-state index contributed by atoms with van der Waals surface area (Å²) in [6, 6.07) is 0. The number of hydrogen-bond acceptors (Lipinski definition) is 4. The van der Waals surface area contributed by atoms with E-state index in [1.165, 1.54) is 0 Å². The number of rotatable bonds is 5. The smallest absolute Gasteiger partial charge is 0.221 e. The van der Waals surface area contributed by atoms with Crippen molar-refractivity contribution < 1.29 is 14.3 Å². The van der Waals surface area contributed by atoms with Gasteiger partial charge in [0, 0.05) is 38.6 Å². The first-order valence-electron chi connectivity index (χ1n) is 6.26. The van der Waals surface area contributed by atoms with E-state index >= 15 is 0 Å². The van der Waals surface area contributed by atoms with Crippen LogP contribution in [0, 0.1) is 0 Å². The number of nitrogens with one attached hydrogen (secondary N) is 1. The van der Waals surface area contributed by atoms with E-state index < -0.39 is 0 Å². The van der Waals surface area contributed by atoms with Crippen molar-refractivity contribution in [1.82, 2.24) is 5.32 Å². The molecule has 5 heteroatoms. The van der Waals surface area contributed by atoms with Gasteiger partial charge in [-0.15, -0.1) is 0 Å². The van der Waals surface area contributed by atoms with Gasteiger partial charge in [-0.1, -0.05) is 0 Å². The SMILES string of the molecule is COC1(CNC(=O)CC2(N)CCC2)CCOC1. The van der Waals surface area contributed by atoms with Gasteiger partial charge in [-0.05, 0) is 19.3 Å². The second kappa shape index (κ2) is 4.92. The van der Waals surface area contributed by atoms with Crippen molar-refractivity contribution in [3.05, 3.63) is 0 Å². The van der Waals surface area contributed by atoms with Gasteiger partial charge in [0.2, 0.25) is 5.91 Å². The number of carbonyl (C=O) groups excluding carboxylic acids is 1. The molecule has 1 heterocycles. The Morgan fingerprint density at radius 3 is 2.71 bits per heavy atom. The number of carbonyl (C=O) groups is 1. The molecule has 1 unspecified atom stereocenters. The predicted molar refractivity (Wildman–Crippen MR) is 63.6 cm³/mol. The summed E-state index contributed by atoms with van der Waals surface area (Å²) < 4.78 is 10.8. The normalized spacial score (nSPS) is 30.9. The molecule has 2 fully saturated rings. The number of amides is 1. The molecule has 0 aromatic carbocycles. The van der Waals surface area contributed by atoms with Crippen LogP contribution < -0.4 is 11.1 Å². The lowest BCUT2D eigenvalue weighted by Crippen LogP contribution is -2.52. The molecule has 0 aromatic heterocycles. The van der Waals surface area contributed by atoms with Gasteiger partial charge >= 0.3 is 0 Å². The van der Waals surface area contributed by atoms with E-state index in [1.807, 2.05) is 0 Å². The standard InChI is InChI=1S/C12H22N2O3/c1-16-12(5-6-17-9-12)8-14-10(15)7-11(13)3-2-4-11/h2-9,13H2,1H3,(H,14,15). The highest BCUT2D eigenvalue weighted by molar-refractivity contribution is 5.77. The van der Waals surface area contributed by atoms with Crippen LogP contribution >= 0.6 is 0 Å². The van der Waals surface area contributed by atoms with Gasteiger partial charge < -0.3 is 20.5 Å². The molecule has 1 aliphatic carbocycles. The minimum absolute atomic E-state index is 0.0236.